The van der Waals surface area contributed by atoms with Gasteiger partial charge in [-0.3, -0.25) is 9.59 Å². The first-order chi connectivity index (χ1) is 28.1. The highest BCUT2D eigenvalue weighted by atomic mass is 16.5. The molecule has 0 saturated heterocycles. The number of carbonyl (C=O) groups is 4. The Hall–Kier alpha value is -6.29. The van der Waals surface area contributed by atoms with Crippen molar-refractivity contribution in [3.05, 3.63) is 121 Å². The second-order valence-corrected chi connectivity index (χ2v) is 16.1. The van der Waals surface area contributed by atoms with Crippen molar-refractivity contribution >= 4 is 47.7 Å². The van der Waals surface area contributed by atoms with Gasteiger partial charge in [0.15, 0.2) is 0 Å². The van der Waals surface area contributed by atoms with Crippen molar-refractivity contribution in [3.63, 3.8) is 0 Å². The lowest BCUT2D eigenvalue weighted by atomic mass is 9.97. The quantitative estimate of drug-likeness (QED) is 0.116. The van der Waals surface area contributed by atoms with Gasteiger partial charge in [-0.1, -0.05) is 65.8 Å². The summed E-state index contributed by atoms with van der Waals surface area (Å²) in [6.07, 6.45) is 7.32. The fourth-order valence-electron chi connectivity index (χ4n) is 7.50. The number of H-pyrrole nitrogens is 2. The molecule has 10 nitrogen and oxygen atoms in total. The Morgan fingerprint density at radius 2 is 1.19 bits per heavy atom. The Kier molecular flexibility index (Phi) is 12.7. The van der Waals surface area contributed by atoms with Crippen LogP contribution in [0.25, 0.3) is 40.5 Å². The van der Waals surface area contributed by atoms with Crippen LogP contribution in [0.1, 0.15) is 111 Å². The topological polar surface area (TPSA) is 143 Å². The highest BCUT2D eigenvalue weighted by Gasteiger charge is 2.25. The second-order valence-electron chi connectivity index (χ2n) is 16.1. The number of amides is 2. The molecule has 59 heavy (non-hydrogen) atoms. The van der Waals surface area contributed by atoms with Crippen molar-refractivity contribution in [1.82, 2.24) is 15.3 Å². The van der Waals surface area contributed by atoms with Crippen molar-refractivity contribution in [2.45, 2.75) is 82.1 Å². The summed E-state index contributed by atoms with van der Waals surface area (Å²) in [5.74, 6) is -0.658. The van der Waals surface area contributed by atoms with E-state index in [2.05, 4.69) is 26.4 Å². The van der Waals surface area contributed by atoms with Gasteiger partial charge >= 0.3 is 11.9 Å². The molecule has 2 amide bonds. The van der Waals surface area contributed by atoms with E-state index in [4.69, 9.17) is 9.47 Å². The van der Waals surface area contributed by atoms with E-state index < -0.39 is 0 Å². The average Bonchev–Trinajstić information content (AvgIpc) is 3.87. The first kappa shape index (κ1) is 42.3. The highest BCUT2D eigenvalue weighted by molar-refractivity contribution is 6.30. The molecule has 0 bridgehead atoms. The van der Waals surface area contributed by atoms with Gasteiger partial charge in [0.05, 0.1) is 30.1 Å². The number of rotatable bonds is 13. The van der Waals surface area contributed by atoms with Gasteiger partial charge < -0.3 is 24.8 Å². The Labute approximate surface area is 345 Å². The molecular formula is C49H54N4O6. The van der Waals surface area contributed by atoms with Crippen molar-refractivity contribution in [1.29, 1.82) is 0 Å². The van der Waals surface area contributed by atoms with Crippen LogP contribution in [0.5, 0.6) is 0 Å². The number of aliphatic imine (C=N–C) groups is 1. The molecule has 10 heteroatoms. The number of aromatic amines is 2. The van der Waals surface area contributed by atoms with Gasteiger partial charge in [0.25, 0.3) is 11.8 Å². The van der Waals surface area contributed by atoms with Gasteiger partial charge in [-0.15, -0.1) is 0 Å². The van der Waals surface area contributed by atoms with Crippen LogP contribution in [0, 0.1) is 25.7 Å². The monoisotopic (exact) mass is 794 g/mol. The van der Waals surface area contributed by atoms with Gasteiger partial charge in [-0.2, -0.15) is 0 Å². The molecule has 0 radical (unpaired) electrons. The Bertz CT molecular complexity index is 2590. The number of ether oxygens (including phenoxy) is 2. The minimum absolute atomic E-state index is 0.108. The van der Waals surface area contributed by atoms with E-state index in [0.29, 0.717) is 54.0 Å². The first-order valence-corrected chi connectivity index (χ1v) is 20.4. The average molecular weight is 795 g/mol. The zero-order valence-corrected chi connectivity index (χ0v) is 35.7. The first-order valence-electron chi connectivity index (χ1n) is 20.4. The van der Waals surface area contributed by atoms with E-state index in [1.54, 1.807) is 24.3 Å². The molecule has 4 heterocycles. The van der Waals surface area contributed by atoms with E-state index in [9.17, 15) is 19.2 Å². The maximum absolute atomic E-state index is 12.9. The standard InChI is InChI=1S/C49H54N4O6/c1-11-36-28(7)46(54)52-40(36)21-38-30(9)44(32-13-17-34(18-14-32)48(56)58-24-26(3)4)42(50-38)23-43-45(33-15-19-35(20-16-33)49(57)59-25-27(5)6)31(10)39(51-43)22-41-37(12-2)29(8)47(55)53-41/h13-23,26-27,50-51H,11-12,24-25H2,1-10H3,(H,52,54)/b39-22-,40-21-,43-23-. The van der Waals surface area contributed by atoms with E-state index in [1.807, 2.05) is 106 Å². The minimum Gasteiger partial charge on any atom is -0.462 e. The van der Waals surface area contributed by atoms with Crippen molar-refractivity contribution in [2.24, 2.45) is 16.8 Å². The minimum atomic E-state index is -0.378. The molecule has 2 aromatic carbocycles. The van der Waals surface area contributed by atoms with E-state index in [1.165, 1.54) is 0 Å². The lowest BCUT2D eigenvalue weighted by molar-refractivity contribution is -0.116. The fourth-order valence-corrected chi connectivity index (χ4v) is 7.50. The summed E-state index contributed by atoms with van der Waals surface area (Å²) >= 11 is 0. The van der Waals surface area contributed by atoms with E-state index in [-0.39, 0.29) is 35.6 Å². The van der Waals surface area contributed by atoms with E-state index in [0.717, 1.165) is 72.3 Å². The van der Waals surface area contributed by atoms with Gasteiger partial charge in [-0.05, 0) is 128 Å². The molecule has 306 valence electrons. The maximum atomic E-state index is 12.9. The largest absolute Gasteiger partial charge is 0.462 e. The van der Waals surface area contributed by atoms with Gasteiger partial charge in [-0.25, -0.2) is 14.6 Å². The predicted octanol–water partition coefficient (Wildman–Crippen LogP) is 8.43. The number of nitrogens with zero attached hydrogens (tertiary/aromatic N) is 1. The molecule has 4 aromatic rings. The molecule has 0 saturated carbocycles. The van der Waals surface area contributed by atoms with Crippen LogP contribution < -0.4 is 16.0 Å². The number of hydrogen-bond acceptors (Lipinski definition) is 6. The predicted molar refractivity (Wildman–Crippen MR) is 234 cm³/mol. The van der Waals surface area contributed by atoms with Crippen LogP contribution >= 0.6 is 0 Å². The molecule has 0 atom stereocenters. The number of hydrogen-bond donors (Lipinski definition) is 3. The maximum Gasteiger partial charge on any atom is 0.338 e. The summed E-state index contributed by atoms with van der Waals surface area (Å²) in [5.41, 5.74) is 12.6. The number of allylic oxidation sites excluding steroid dienone is 2. The number of esters is 2. The summed E-state index contributed by atoms with van der Waals surface area (Å²) < 4.78 is 11.0. The van der Waals surface area contributed by atoms with Gasteiger partial charge in [0, 0.05) is 50.1 Å². The zero-order chi connectivity index (χ0) is 42.7. The Morgan fingerprint density at radius 1 is 0.644 bits per heavy atom. The van der Waals surface area contributed by atoms with Gasteiger partial charge in [0.2, 0.25) is 0 Å². The molecule has 6 rings (SSSR count). The van der Waals surface area contributed by atoms with E-state index >= 15 is 0 Å². The SMILES string of the molecule is CCC1=C(C)C(=O)N=C1/C=c1\[nH]/c(=C\c2[nH]c(/C=C3\NC(=O)C(C)=C3CC)c(C)c2-c2ccc(C(=O)OCC(C)C)cc2)c(-c2ccc(C(=O)OCC(C)C)cc2)c1C. The van der Waals surface area contributed by atoms with Crippen LogP contribution in [-0.2, 0) is 19.1 Å². The molecule has 0 unspecified atom stereocenters. The van der Waals surface area contributed by atoms with Gasteiger partial charge in [0.1, 0.15) is 0 Å². The number of aromatic nitrogens is 2. The van der Waals surface area contributed by atoms with Crippen LogP contribution in [0.2, 0.25) is 0 Å². The summed E-state index contributed by atoms with van der Waals surface area (Å²) in [6, 6.07) is 14.8. The third-order valence-corrected chi connectivity index (χ3v) is 10.8. The highest BCUT2D eigenvalue weighted by Crippen LogP contribution is 2.34. The van der Waals surface area contributed by atoms with Crippen LogP contribution in [-0.4, -0.2) is 52.6 Å². The molecule has 2 aliphatic heterocycles. The summed E-state index contributed by atoms with van der Waals surface area (Å²) in [5, 5.41) is 4.61. The fraction of sp³-hybridized carbons (Fsp3) is 0.327. The third kappa shape index (κ3) is 8.92. The molecule has 0 spiro atoms. The van der Waals surface area contributed by atoms with Crippen molar-refractivity contribution in [3.8, 4) is 22.3 Å². The lowest BCUT2D eigenvalue weighted by Crippen LogP contribution is -2.15. The smallest absolute Gasteiger partial charge is 0.338 e. The normalized spacial score (nSPS) is 15.7. The Morgan fingerprint density at radius 3 is 1.71 bits per heavy atom. The lowest BCUT2D eigenvalue weighted by Gasteiger charge is -2.09. The second kappa shape index (κ2) is 17.7. The molecule has 0 fully saturated rings. The van der Waals surface area contributed by atoms with Crippen LogP contribution in [0.15, 0.2) is 81.5 Å². The summed E-state index contributed by atoms with van der Waals surface area (Å²) in [7, 11) is 0. The molecule has 2 aliphatic rings. The van der Waals surface area contributed by atoms with Crippen LogP contribution in [0.3, 0.4) is 0 Å². The van der Waals surface area contributed by atoms with Crippen molar-refractivity contribution < 1.29 is 28.7 Å². The number of benzene rings is 2. The number of carbonyl (C=O) groups excluding carboxylic acids is 4. The summed E-state index contributed by atoms with van der Waals surface area (Å²) in [6.45, 7) is 20.4. The zero-order valence-electron chi connectivity index (χ0n) is 35.7. The molecule has 3 N–H and O–H groups in total. The molecule has 0 aliphatic carbocycles. The number of nitrogens with one attached hydrogen (secondary N) is 3. The molecule has 2 aromatic heterocycles. The Balaban J connectivity index is 1.56. The third-order valence-electron chi connectivity index (χ3n) is 10.8. The van der Waals surface area contributed by atoms with Crippen LogP contribution in [0.4, 0.5) is 0 Å². The molecular weight excluding hydrogens is 741 g/mol. The van der Waals surface area contributed by atoms with Crippen molar-refractivity contribution in [2.75, 3.05) is 13.2 Å². The summed E-state index contributed by atoms with van der Waals surface area (Å²) in [4.78, 5) is 62.8.